The number of hydrogen-bond donors (Lipinski definition) is 0. The number of amides is 1. The normalized spacial score (nSPS) is 16.2. The van der Waals surface area contributed by atoms with Crippen molar-refractivity contribution in [2.24, 2.45) is 0 Å². The third kappa shape index (κ3) is 3.10. The van der Waals surface area contributed by atoms with Crippen LogP contribution >= 0.6 is 22.9 Å². The molecule has 5 nitrogen and oxygen atoms in total. The Morgan fingerprint density at radius 1 is 1.32 bits per heavy atom. The van der Waals surface area contributed by atoms with Crippen molar-refractivity contribution < 1.29 is 9.53 Å². The van der Waals surface area contributed by atoms with Crippen molar-refractivity contribution in [3.63, 3.8) is 0 Å². The van der Waals surface area contributed by atoms with Gasteiger partial charge in [-0.15, -0.1) is 11.3 Å². The largest absolute Gasteiger partial charge is 0.487 e. The number of rotatable bonds is 2. The summed E-state index contributed by atoms with van der Waals surface area (Å²) in [6.45, 7) is 2.38. The molecule has 25 heavy (non-hydrogen) atoms. The van der Waals surface area contributed by atoms with Crippen LogP contribution in [0.4, 0.5) is 5.69 Å². The smallest absolute Gasteiger partial charge is 0.278 e. The summed E-state index contributed by atoms with van der Waals surface area (Å²) in [5.74, 6) is 0.497. The van der Waals surface area contributed by atoms with E-state index in [2.05, 4.69) is 9.97 Å². The van der Waals surface area contributed by atoms with Gasteiger partial charge in [-0.2, -0.15) is 0 Å². The lowest BCUT2D eigenvalue weighted by Gasteiger charge is -2.33. The molecule has 1 aromatic carbocycles. The third-order valence-corrected chi connectivity index (χ3v) is 5.00. The number of hydrogen-bond acceptors (Lipinski definition) is 5. The van der Waals surface area contributed by atoms with Gasteiger partial charge in [0, 0.05) is 28.4 Å². The maximum Gasteiger partial charge on any atom is 0.278 e. The van der Waals surface area contributed by atoms with E-state index in [9.17, 15) is 4.79 Å². The van der Waals surface area contributed by atoms with Crippen molar-refractivity contribution in [2.45, 2.75) is 13.0 Å². The molecule has 0 saturated heterocycles. The molecule has 0 radical (unpaired) electrons. The second kappa shape index (κ2) is 6.46. The van der Waals surface area contributed by atoms with Crippen LogP contribution < -0.4 is 9.64 Å². The number of carbonyl (C=O) groups excluding carboxylic acids is 1. The number of thiazole rings is 1. The molecule has 1 atom stereocenters. The monoisotopic (exact) mass is 371 g/mol. The Hall–Kier alpha value is -2.44. The maximum atomic E-state index is 13.0. The highest BCUT2D eigenvalue weighted by Gasteiger charge is 2.29. The average molecular weight is 372 g/mol. The molecular weight excluding hydrogens is 358 g/mol. The molecule has 2 aromatic heterocycles. The Kier molecular flexibility index (Phi) is 4.15. The SMILES string of the molecule is CC1CN(C(=O)c2csc(-c3ccncc3)n2)c2cc(Cl)ccc2O1. The molecule has 1 aliphatic rings. The van der Waals surface area contributed by atoms with Crippen LogP contribution in [0.3, 0.4) is 0 Å². The molecule has 0 N–H and O–H groups in total. The second-order valence-corrected chi connectivity index (χ2v) is 7.02. The zero-order valence-electron chi connectivity index (χ0n) is 13.3. The summed E-state index contributed by atoms with van der Waals surface area (Å²) in [5, 5.41) is 3.13. The minimum atomic E-state index is -0.157. The van der Waals surface area contributed by atoms with E-state index in [4.69, 9.17) is 16.3 Å². The first-order valence-corrected chi connectivity index (χ1v) is 9.01. The number of ether oxygens (including phenoxy) is 1. The molecule has 3 heterocycles. The fourth-order valence-electron chi connectivity index (χ4n) is 2.74. The van der Waals surface area contributed by atoms with Crippen LogP contribution in [0, 0.1) is 0 Å². The van der Waals surface area contributed by atoms with Gasteiger partial charge in [0.1, 0.15) is 22.6 Å². The van der Waals surface area contributed by atoms with Gasteiger partial charge in [-0.1, -0.05) is 11.6 Å². The number of carbonyl (C=O) groups is 1. The van der Waals surface area contributed by atoms with Gasteiger partial charge in [-0.05, 0) is 37.3 Å². The quantitative estimate of drug-likeness (QED) is 0.674. The summed E-state index contributed by atoms with van der Waals surface area (Å²) in [6, 6.07) is 9.04. The average Bonchev–Trinajstić information content (AvgIpc) is 3.12. The second-order valence-electron chi connectivity index (χ2n) is 5.73. The summed E-state index contributed by atoms with van der Waals surface area (Å²) in [7, 11) is 0. The fourth-order valence-corrected chi connectivity index (χ4v) is 3.71. The number of halogens is 1. The first-order valence-electron chi connectivity index (χ1n) is 7.76. The molecule has 1 amide bonds. The molecule has 0 spiro atoms. The number of nitrogens with zero attached hydrogens (tertiary/aromatic N) is 3. The van der Waals surface area contributed by atoms with Crippen molar-refractivity contribution in [3.05, 3.63) is 58.8 Å². The van der Waals surface area contributed by atoms with Gasteiger partial charge in [0.05, 0.1) is 12.2 Å². The summed E-state index contributed by atoms with van der Waals surface area (Å²) < 4.78 is 5.80. The van der Waals surface area contributed by atoms with Crippen LogP contribution in [-0.4, -0.2) is 28.5 Å². The molecule has 0 fully saturated rings. The number of pyridine rings is 1. The molecule has 1 unspecified atom stereocenters. The van der Waals surface area contributed by atoms with Gasteiger partial charge in [-0.25, -0.2) is 4.98 Å². The maximum absolute atomic E-state index is 13.0. The highest BCUT2D eigenvalue weighted by molar-refractivity contribution is 7.13. The minimum absolute atomic E-state index is 0.101. The fraction of sp³-hybridized carbons (Fsp3) is 0.167. The molecule has 7 heteroatoms. The Labute approximate surface area is 153 Å². The molecule has 0 bridgehead atoms. The van der Waals surface area contributed by atoms with Gasteiger partial charge >= 0.3 is 0 Å². The van der Waals surface area contributed by atoms with Crippen LogP contribution in [0.25, 0.3) is 10.6 Å². The molecule has 1 aliphatic heterocycles. The van der Waals surface area contributed by atoms with Gasteiger partial charge in [0.15, 0.2) is 0 Å². The lowest BCUT2D eigenvalue weighted by atomic mass is 10.2. The van der Waals surface area contributed by atoms with Crippen LogP contribution in [0.1, 0.15) is 17.4 Å². The van der Waals surface area contributed by atoms with E-state index in [1.165, 1.54) is 11.3 Å². The van der Waals surface area contributed by atoms with Gasteiger partial charge in [-0.3, -0.25) is 14.7 Å². The Morgan fingerprint density at radius 2 is 2.12 bits per heavy atom. The van der Waals surface area contributed by atoms with Gasteiger partial charge in [0.2, 0.25) is 0 Å². The summed E-state index contributed by atoms with van der Waals surface area (Å²) in [6.07, 6.45) is 3.32. The molecule has 0 saturated carbocycles. The molecule has 126 valence electrons. The van der Waals surface area contributed by atoms with Crippen molar-refractivity contribution in [3.8, 4) is 16.3 Å². The van der Waals surface area contributed by atoms with E-state index in [0.29, 0.717) is 28.7 Å². The number of aromatic nitrogens is 2. The van der Waals surface area contributed by atoms with E-state index in [1.807, 2.05) is 19.1 Å². The predicted molar refractivity (Wildman–Crippen MR) is 98.6 cm³/mol. The number of fused-ring (bicyclic) bond motifs is 1. The Bertz CT molecular complexity index is 929. The van der Waals surface area contributed by atoms with Crippen LogP contribution in [0.2, 0.25) is 5.02 Å². The van der Waals surface area contributed by atoms with E-state index < -0.39 is 0 Å². The molecule has 0 aliphatic carbocycles. The summed E-state index contributed by atoms with van der Waals surface area (Å²) in [5.41, 5.74) is 2.03. The van der Waals surface area contributed by atoms with Gasteiger partial charge < -0.3 is 4.74 Å². The zero-order valence-corrected chi connectivity index (χ0v) is 14.9. The van der Waals surface area contributed by atoms with Gasteiger partial charge in [0.25, 0.3) is 5.91 Å². The van der Waals surface area contributed by atoms with Crippen LogP contribution in [-0.2, 0) is 0 Å². The topological polar surface area (TPSA) is 55.3 Å². The van der Waals surface area contributed by atoms with Crippen molar-refractivity contribution in [2.75, 3.05) is 11.4 Å². The van der Waals surface area contributed by atoms with E-state index >= 15 is 0 Å². The lowest BCUT2D eigenvalue weighted by Crippen LogP contribution is -2.42. The van der Waals surface area contributed by atoms with E-state index in [1.54, 1.807) is 40.9 Å². The molecule has 3 aromatic rings. The van der Waals surface area contributed by atoms with Crippen molar-refractivity contribution in [1.29, 1.82) is 0 Å². The highest BCUT2D eigenvalue weighted by atomic mass is 35.5. The van der Waals surface area contributed by atoms with Crippen molar-refractivity contribution in [1.82, 2.24) is 9.97 Å². The standard InChI is InChI=1S/C18H14ClN3O2S/c1-11-9-22(15-8-13(19)2-3-16(15)24-11)18(23)14-10-25-17(21-14)12-4-6-20-7-5-12/h2-8,10-11H,9H2,1H3. The summed E-state index contributed by atoms with van der Waals surface area (Å²) >= 11 is 7.54. The van der Waals surface area contributed by atoms with E-state index in [-0.39, 0.29) is 12.0 Å². The third-order valence-electron chi connectivity index (χ3n) is 3.88. The molecule has 4 rings (SSSR count). The molecular formula is C18H14ClN3O2S. The minimum Gasteiger partial charge on any atom is -0.487 e. The predicted octanol–water partition coefficient (Wildman–Crippen LogP) is 4.29. The van der Waals surface area contributed by atoms with E-state index in [0.717, 1.165) is 10.6 Å². The first kappa shape index (κ1) is 16.1. The number of benzene rings is 1. The van der Waals surface area contributed by atoms with Crippen LogP contribution in [0.15, 0.2) is 48.1 Å². The first-order chi connectivity index (χ1) is 12.1. The lowest BCUT2D eigenvalue weighted by molar-refractivity contribution is 0.0957. The summed E-state index contributed by atoms with van der Waals surface area (Å²) in [4.78, 5) is 23.2. The highest BCUT2D eigenvalue weighted by Crippen LogP contribution is 2.36. The zero-order chi connectivity index (χ0) is 17.4. The Balaban J connectivity index is 1.68. The Morgan fingerprint density at radius 3 is 2.92 bits per heavy atom. The number of anilines is 1. The van der Waals surface area contributed by atoms with Crippen LogP contribution in [0.5, 0.6) is 5.75 Å². The van der Waals surface area contributed by atoms with Crippen molar-refractivity contribution >= 4 is 34.5 Å².